The van der Waals surface area contributed by atoms with Crippen molar-refractivity contribution in [1.82, 2.24) is 15.5 Å². The van der Waals surface area contributed by atoms with E-state index >= 15 is 0 Å². The van der Waals surface area contributed by atoms with Crippen LogP contribution in [-0.2, 0) is 10.8 Å². The molecule has 2 N–H and O–H groups in total. The number of guanidine groups is 1. The molecule has 0 aliphatic heterocycles. The van der Waals surface area contributed by atoms with Crippen molar-refractivity contribution in [2.24, 2.45) is 10.4 Å². The molecule has 0 heterocycles. The number of hydrogen-bond acceptors (Lipinski definition) is 3. The van der Waals surface area contributed by atoms with Gasteiger partial charge >= 0.3 is 0 Å². The van der Waals surface area contributed by atoms with Gasteiger partial charge < -0.3 is 15.5 Å². The molecule has 0 spiro atoms. The van der Waals surface area contributed by atoms with Crippen molar-refractivity contribution < 1.29 is 4.21 Å². The standard InChI is InChI=1S/C18H38N4OS.HI/c1-7-19-17(20-13-18(3,4)14-22(5)6)21-15-10-9-11-16(12-15)24(23)8-2;/h15-16H,7-14H2,1-6H3,(H2,19,20,21);1H. The Kier molecular flexibility index (Phi) is 12.5. The van der Waals surface area contributed by atoms with Gasteiger partial charge in [0.2, 0.25) is 0 Å². The van der Waals surface area contributed by atoms with Crippen molar-refractivity contribution in [2.45, 2.75) is 64.7 Å². The van der Waals surface area contributed by atoms with Gasteiger partial charge in [-0.15, -0.1) is 24.0 Å². The van der Waals surface area contributed by atoms with E-state index in [0.717, 1.165) is 57.0 Å². The van der Waals surface area contributed by atoms with Gasteiger partial charge in [-0.3, -0.25) is 9.20 Å². The summed E-state index contributed by atoms with van der Waals surface area (Å²) in [5, 5.41) is 7.29. The molecule has 1 rings (SSSR count). The highest BCUT2D eigenvalue weighted by atomic mass is 127. The van der Waals surface area contributed by atoms with Crippen molar-refractivity contribution in [1.29, 1.82) is 0 Å². The Bertz CT molecular complexity index is 429. The van der Waals surface area contributed by atoms with E-state index in [1.807, 2.05) is 6.92 Å². The maximum Gasteiger partial charge on any atom is 0.191 e. The first-order chi connectivity index (χ1) is 11.3. The Labute approximate surface area is 174 Å². The molecule has 0 aromatic rings. The third kappa shape index (κ3) is 10.1. The van der Waals surface area contributed by atoms with Gasteiger partial charge in [-0.1, -0.05) is 27.2 Å². The summed E-state index contributed by atoms with van der Waals surface area (Å²) in [6.07, 6.45) is 4.39. The van der Waals surface area contributed by atoms with Crippen LogP contribution in [0.5, 0.6) is 0 Å². The number of nitrogens with zero attached hydrogens (tertiary/aromatic N) is 2. The van der Waals surface area contributed by atoms with Gasteiger partial charge in [0.05, 0.1) is 0 Å². The van der Waals surface area contributed by atoms with Gasteiger partial charge in [-0.25, -0.2) is 0 Å². The molecule has 25 heavy (non-hydrogen) atoms. The van der Waals surface area contributed by atoms with Gasteiger partial charge in [0.15, 0.2) is 5.96 Å². The summed E-state index contributed by atoms with van der Waals surface area (Å²) in [6.45, 7) is 11.3. The molecule has 1 saturated carbocycles. The number of nitrogens with one attached hydrogen (secondary N) is 2. The zero-order valence-corrected chi connectivity index (χ0v) is 20.1. The highest BCUT2D eigenvalue weighted by Crippen LogP contribution is 2.23. The quantitative estimate of drug-likeness (QED) is 0.315. The topological polar surface area (TPSA) is 56.7 Å². The lowest BCUT2D eigenvalue weighted by Gasteiger charge is -2.31. The van der Waals surface area contributed by atoms with Crippen LogP contribution in [0, 0.1) is 5.41 Å². The molecule has 0 amide bonds. The molecular weight excluding hydrogens is 447 g/mol. The lowest BCUT2D eigenvalue weighted by Crippen LogP contribution is -2.47. The third-order valence-electron chi connectivity index (χ3n) is 4.38. The van der Waals surface area contributed by atoms with Crippen LogP contribution >= 0.6 is 24.0 Å². The SMILES string of the molecule is CCNC(=NCC(C)(C)CN(C)C)NC1CCCC(S(=O)CC)C1.I. The van der Waals surface area contributed by atoms with Gasteiger partial charge in [0, 0.05) is 47.5 Å². The first kappa shape index (κ1) is 25.1. The first-order valence-electron chi connectivity index (χ1n) is 9.34. The van der Waals surface area contributed by atoms with Crippen molar-refractivity contribution in [3.63, 3.8) is 0 Å². The summed E-state index contributed by atoms with van der Waals surface area (Å²) in [5.74, 6) is 1.67. The summed E-state index contributed by atoms with van der Waals surface area (Å²) >= 11 is 0. The monoisotopic (exact) mass is 486 g/mol. The number of rotatable bonds is 8. The maximum atomic E-state index is 12.1. The van der Waals surface area contributed by atoms with Crippen molar-refractivity contribution in [2.75, 3.05) is 39.5 Å². The second kappa shape index (κ2) is 12.5. The Hall–Kier alpha value is 0.110. The summed E-state index contributed by atoms with van der Waals surface area (Å²) in [6, 6.07) is 0.383. The van der Waals surface area contributed by atoms with Crippen LogP contribution in [-0.4, -0.2) is 65.8 Å². The van der Waals surface area contributed by atoms with Gasteiger partial charge in [-0.05, 0) is 45.7 Å². The minimum Gasteiger partial charge on any atom is -0.357 e. The first-order valence-corrected chi connectivity index (χ1v) is 10.7. The van der Waals surface area contributed by atoms with E-state index in [9.17, 15) is 4.21 Å². The molecule has 0 aromatic heterocycles. The van der Waals surface area contributed by atoms with Crippen LogP contribution in [0.15, 0.2) is 4.99 Å². The summed E-state index contributed by atoms with van der Waals surface area (Å²) in [4.78, 5) is 7.02. The van der Waals surface area contributed by atoms with Crippen LogP contribution in [0.1, 0.15) is 53.4 Å². The Morgan fingerprint density at radius 2 is 1.96 bits per heavy atom. The Balaban J connectivity index is 0.00000576. The van der Waals surface area contributed by atoms with Crippen LogP contribution in [0.2, 0.25) is 0 Å². The van der Waals surface area contributed by atoms with E-state index in [1.165, 1.54) is 0 Å². The molecule has 1 fully saturated rings. The normalized spacial score (nSPS) is 23.1. The molecule has 3 unspecified atom stereocenters. The molecule has 0 aromatic carbocycles. The highest BCUT2D eigenvalue weighted by molar-refractivity contribution is 14.0. The van der Waals surface area contributed by atoms with Gasteiger partial charge in [0.25, 0.3) is 0 Å². The van der Waals surface area contributed by atoms with E-state index < -0.39 is 10.8 Å². The third-order valence-corrected chi connectivity index (χ3v) is 6.12. The largest absolute Gasteiger partial charge is 0.357 e. The zero-order chi connectivity index (χ0) is 18.2. The number of halogens is 1. The highest BCUT2D eigenvalue weighted by Gasteiger charge is 2.26. The minimum atomic E-state index is -0.683. The molecule has 0 saturated heterocycles. The molecule has 0 radical (unpaired) electrons. The van der Waals surface area contributed by atoms with E-state index in [4.69, 9.17) is 4.99 Å². The molecular formula is C18H39IN4OS. The fourth-order valence-electron chi connectivity index (χ4n) is 3.46. The lowest BCUT2D eigenvalue weighted by atomic mass is 9.93. The van der Waals surface area contributed by atoms with Crippen molar-refractivity contribution in [3.05, 3.63) is 0 Å². The van der Waals surface area contributed by atoms with Gasteiger partial charge in [0.1, 0.15) is 0 Å². The molecule has 1 aliphatic carbocycles. The average Bonchev–Trinajstić information content (AvgIpc) is 2.51. The molecule has 3 atom stereocenters. The zero-order valence-electron chi connectivity index (χ0n) is 16.9. The minimum absolute atomic E-state index is 0. The lowest BCUT2D eigenvalue weighted by molar-refractivity contribution is 0.248. The molecule has 150 valence electrons. The van der Waals surface area contributed by atoms with E-state index in [0.29, 0.717) is 11.3 Å². The average molecular weight is 487 g/mol. The Morgan fingerprint density at radius 1 is 1.28 bits per heavy atom. The number of aliphatic imine (C=N–C) groups is 1. The molecule has 7 heteroatoms. The number of hydrogen-bond donors (Lipinski definition) is 2. The summed E-state index contributed by atoms with van der Waals surface area (Å²) < 4.78 is 12.1. The van der Waals surface area contributed by atoms with Crippen molar-refractivity contribution in [3.8, 4) is 0 Å². The second-order valence-corrected chi connectivity index (χ2v) is 9.90. The Morgan fingerprint density at radius 3 is 2.52 bits per heavy atom. The van der Waals surface area contributed by atoms with E-state index in [2.05, 4.69) is 50.4 Å². The van der Waals surface area contributed by atoms with Crippen LogP contribution in [0.4, 0.5) is 0 Å². The maximum absolute atomic E-state index is 12.1. The van der Waals surface area contributed by atoms with Crippen LogP contribution in [0.25, 0.3) is 0 Å². The predicted octanol–water partition coefficient (Wildman–Crippen LogP) is 2.83. The molecule has 5 nitrogen and oxygen atoms in total. The van der Waals surface area contributed by atoms with E-state index in [-0.39, 0.29) is 29.4 Å². The van der Waals surface area contributed by atoms with Crippen LogP contribution < -0.4 is 10.6 Å². The van der Waals surface area contributed by atoms with Gasteiger partial charge in [-0.2, -0.15) is 0 Å². The smallest absolute Gasteiger partial charge is 0.191 e. The predicted molar refractivity (Wildman–Crippen MR) is 122 cm³/mol. The second-order valence-electron chi connectivity index (χ2n) is 7.90. The fraction of sp³-hybridized carbons (Fsp3) is 0.944. The summed E-state index contributed by atoms with van der Waals surface area (Å²) in [7, 11) is 3.52. The van der Waals surface area contributed by atoms with Crippen LogP contribution in [0.3, 0.4) is 0 Å². The fourth-order valence-corrected chi connectivity index (χ4v) is 4.81. The van der Waals surface area contributed by atoms with E-state index in [1.54, 1.807) is 0 Å². The molecule has 0 bridgehead atoms. The summed E-state index contributed by atoms with van der Waals surface area (Å²) in [5.41, 5.74) is 0.144. The van der Waals surface area contributed by atoms with Crippen molar-refractivity contribution >= 4 is 40.7 Å². The molecule has 1 aliphatic rings.